The van der Waals surface area contributed by atoms with Crippen molar-refractivity contribution in [1.82, 2.24) is 15.9 Å². The van der Waals surface area contributed by atoms with Gasteiger partial charge in [-0.15, -0.1) is 0 Å². The molecule has 10 nitrogen and oxygen atoms in total. The lowest BCUT2D eigenvalue weighted by Gasteiger charge is -2.29. The minimum atomic E-state index is -4.91. The summed E-state index contributed by atoms with van der Waals surface area (Å²) in [5.74, 6) is -2.71. The minimum absolute atomic E-state index is 0.0615. The van der Waals surface area contributed by atoms with Crippen molar-refractivity contribution in [3.05, 3.63) is 33.9 Å². The molecular formula is C16H17ClF3N3O7. The molecule has 1 aromatic rings. The van der Waals surface area contributed by atoms with Crippen LogP contribution in [0.5, 0.6) is 5.75 Å². The van der Waals surface area contributed by atoms with Crippen molar-refractivity contribution in [2.24, 2.45) is 0 Å². The van der Waals surface area contributed by atoms with E-state index in [1.165, 1.54) is 26.1 Å². The monoisotopic (exact) mass is 455 g/mol. The summed E-state index contributed by atoms with van der Waals surface area (Å²) in [6.45, 7) is -0.0114. The van der Waals surface area contributed by atoms with Gasteiger partial charge in [-0.3, -0.25) is 10.0 Å². The van der Waals surface area contributed by atoms with Crippen LogP contribution in [0.25, 0.3) is 6.08 Å². The van der Waals surface area contributed by atoms with Gasteiger partial charge in [-0.1, -0.05) is 17.2 Å². The van der Waals surface area contributed by atoms with E-state index in [9.17, 15) is 28.0 Å². The molecule has 1 aromatic carbocycles. The van der Waals surface area contributed by atoms with Crippen LogP contribution >= 0.6 is 11.6 Å². The van der Waals surface area contributed by atoms with Crippen molar-refractivity contribution in [2.45, 2.75) is 19.2 Å². The Morgan fingerprint density at radius 2 is 2.03 bits per heavy atom. The van der Waals surface area contributed by atoms with Gasteiger partial charge in [0.2, 0.25) is 12.9 Å². The summed E-state index contributed by atoms with van der Waals surface area (Å²) in [6.07, 6.45) is -6.51. The topological polar surface area (TPSA) is 121 Å². The molecule has 0 aliphatic carbocycles. The van der Waals surface area contributed by atoms with E-state index in [2.05, 4.69) is 9.57 Å². The molecule has 166 valence electrons. The number of hydrogen-bond acceptors (Lipinski definition) is 9. The number of hydrogen-bond donors (Lipinski definition) is 3. The van der Waals surface area contributed by atoms with Gasteiger partial charge < -0.3 is 14.6 Å². The molecule has 3 N–H and O–H groups in total. The fourth-order valence-corrected chi connectivity index (χ4v) is 2.72. The average Bonchev–Trinajstić information content (AvgIpc) is 2.62. The SMILES string of the molecule is Cc1cc(Cl)cc2c1O[C@H](C(F)(F)F)C(C(=O)OCONN(O)N(C)CC(=O)O)=C2. The zero-order valence-corrected chi connectivity index (χ0v) is 16.3. The second-order valence-corrected chi connectivity index (χ2v) is 6.50. The Morgan fingerprint density at radius 1 is 1.37 bits per heavy atom. The molecular weight excluding hydrogens is 439 g/mol. The largest absolute Gasteiger partial charge is 0.480 e. The van der Waals surface area contributed by atoms with Crippen LogP contribution in [-0.4, -0.2) is 65.2 Å². The predicted molar refractivity (Wildman–Crippen MR) is 93.7 cm³/mol. The number of carbonyl (C=O) groups is 2. The summed E-state index contributed by atoms with van der Waals surface area (Å²) in [5.41, 5.74) is 1.50. The van der Waals surface area contributed by atoms with Gasteiger partial charge in [0, 0.05) is 17.6 Å². The molecule has 0 amide bonds. The summed E-state index contributed by atoms with van der Waals surface area (Å²) in [7, 11) is 1.18. The lowest BCUT2D eigenvalue weighted by Crippen LogP contribution is -2.49. The summed E-state index contributed by atoms with van der Waals surface area (Å²) in [6, 6.07) is 2.76. The zero-order chi connectivity index (χ0) is 22.6. The van der Waals surface area contributed by atoms with Crippen molar-refractivity contribution in [3.63, 3.8) is 0 Å². The number of aryl methyl sites for hydroxylation is 1. The highest BCUT2D eigenvalue weighted by molar-refractivity contribution is 6.30. The van der Waals surface area contributed by atoms with Gasteiger partial charge in [0.25, 0.3) is 0 Å². The van der Waals surface area contributed by atoms with E-state index in [0.29, 0.717) is 5.56 Å². The van der Waals surface area contributed by atoms with Crippen LogP contribution in [0.1, 0.15) is 11.1 Å². The average molecular weight is 456 g/mol. The first-order valence-corrected chi connectivity index (χ1v) is 8.49. The smallest absolute Gasteiger partial charge is 0.430 e. The number of aliphatic carboxylic acids is 1. The maximum atomic E-state index is 13.4. The molecule has 1 aliphatic rings. The highest BCUT2D eigenvalue weighted by Gasteiger charge is 2.49. The highest BCUT2D eigenvalue weighted by Crippen LogP contribution is 2.40. The van der Waals surface area contributed by atoms with Gasteiger partial charge >= 0.3 is 18.1 Å². The number of carbonyl (C=O) groups excluding carboxylic acids is 1. The molecule has 0 saturated carbocycles. The van der Waals surface area contributed by atoms with Crippen LogP contribution < -0.4 is 10.3 Å². The van der Waals surface area contributed by atoms with Crippen LogP contribution in [0.4, 0.5) is 13.2 Å². The fraction of sp³-hybridized carbons (Fsp3) is 0.375. The van der Waals surface area contributed by atoms with E-state index in [-0.39, 0.29) is 21.6 Å². The molecule has 1 atom stereocenters. The quantitative estimate of drug-likeness (QED) is 0.232. The summed E-state index contributed by atoms with van der Waals surface area (Å²) in [4.78, 5) is 27.3. The number of carboxylic acid groups (broad SMARTS) is 1. The second kappa shape index (κ2) is 9.59. The Morgan fingerprint density at radius 3 is 2.63 bits per heavy atom. The van der Waals surface area contributed by atoms with Gasteiger partial charge in [0.1, 0.15) is 12.3 Å². The molecule has 0 saturated heterocycles. The van der Waals surface area contributed by atoms with Crippen molar-refractivity contribution >= 4 is 29.6 Å². The third-order valence-corrected chi connectivity index (χ3v) is 3.93. The Hall–Kier alpha value is -2.42. The summed E-state index contributed by atoms with van der Waals surface area (Å²) >= 11 is 5.90. The molecule has 0 spiro atoms. The number of halogens is 4. The molecule has 1 heterocycles. The zero-order valence-electron chi connectivity index (χ0n) is 15.6. The van der Waals surface area contributed by atoms with Gasteiger partial charge in [-0.05, 0) is 36.0 Å². The van der Waals surface area contributed by atoms with E-state index >= 15 is 0 Å². The molecule has 0 bridgehead atoms. The molecule has 14 heteroatoms. The first-order chi connectivity index (χ1) is 13.9. The minimum Gasteiger partial charge on any atom is -0.480 e. The van der Waals surface area contributed by atoms with Crippen molar-refractivity contribution in [1.29, 1.82) is 0 Å². The lowest BCUT2D eigenvalue weighted by molar-refractivity contribution is -0.346. The Bertz CT molecular complexity index is 850. The van der Waals surface area contributed by atoms with Crippen LogP contribution in [0.3, 0.4) is 0 Å². The van der Waals surface area contributed by atoms with Crippen LogP contribution in [0.2, 0.25) is 5.02 Å². The van der Waals surface area contributed by atoms with E-state index in [1.807, 2.05) is 0 Å². The summed E-state index contributed by atoms with van der Waals surface area (Å²) in [5, 5.41) is 19.1. The normalized spacial score (nSPS) is 16.2. The van der Waals surface area contributed by atoms with E-state index in [4.69, 9.17) is 21.4 Å². The number of fused-ring (bicyclic) bond motifs is 1. The van der Waals surface area contributed by atoms with Gasteiger partial charge in [-0.25, -0.2) is 9.63 Å². The number of rotatable bonds is 8. The number of hydrazine groups is 2. The van der Waals surface area contributed by atoms with Crippen molar-refractivity contribution < 1.29 is 47.4 Å². The fourth-order valence-electron chi connectivity index (χ4n) is 2.44. The number of carboxylic acids is 1. The molecule has 0 unspecified atom stereocenters. The van der Waals surface area contributed by atoms with Gasteiger partial charge in [0.15, 0.2) is 0 Å². The standard InChI is InChI=1S/C16H17ClF3N3O7/c1-8-3-10(17)4-9-5-11(14(16(18,19)20)30-13(8)9)15(26)28-7-29-21-23(27)22(2)6-12(24)25/h3-5,14,21,27H,6-7H2,1-2H3,(H,24,25)/t14-/m0/s1. The van der Waals surface area contributed by atoms with E-state index < -0.39 is 43.1 Å². The number of likely N-dealkylation sites (N-methyl/N-ethyl adjacent to an activating group) is 1. The number of alkyl halides is 3. The molecule has 0 fully saturated rings. The van der Waals surface area contributed by atoms with Crippen molar-refractivity contribution in [3.8, 4) is 5.75 Å². The number of nitrogens with zero attached hydrogens (tertiary/aromatic N) is 2. The molecule has 1 aliphatic heterocycles. The molecule has 2 rings (SSSR count). The summed E-state index contributed by atoms with van der Waals surface area (Å²) < 4.78 is 49.8. The van der Waals surface area contributed by atoms with Crippen molar-refractivity contribution in [2.75, 3.05) is 20.4 Å². The molecule has 0 aromatic heterocycles. The molecule has 0 radical (unpaired) electrons. The van der Waals surface area contributed by atoms with E-state index in [1.54, 1.807) is 5.59 Å². The maximum absolute atomic E-state index is 13.4. The van der Waals surface area contributed by atoms with Gasteiger partial charge in [0.05, 0.1) is 5.57 Å². The second-order valence-electron chi connectivity index (χ2n) is 6.06. The van der Waals surface area contributed by atoms with Crippen LogP contribution in [0, 0.1) is 6.92 Å². The van der Waals surface area contributed by atoms with Gasteiger partial charge in [-0.2, -0.15) is 18.2 Å². The predicted octanol–water partition coefficient (Wildman–Crippen LogP) is 1.91. The number of nitrogens with one attached hydrogen (secondary N) is 1. The highest BCUT2D eigenvalue weighted by atomic mass is 35.5. The van der Waals surface area contributed by atoms with E-state index in [0.717, 1.165) is 11.1 Å². The third-order valence-electron chi connectivity index (χ3n) is 3.71. The Labute approximate surface area is 172 Å². The number of esters is 1. The number of ether oxygens (including phenoxy) is 2. The maximum Gasteiger partial charge on any atom is 0.430 e. The number of benzene rings is 1. The Balaban J connectivity index is 2.06. The first-order valence-electron chi connectivity index (χ1n) is 8.11. The first kappa shape index (κ1) is 23.9. The molecule has 30 heavy (non-hydrogen) atoms. The lowest BCUT2D eigenvalue weighted by atomic mass is 9.99. The van der Waals surface area contributed by atoms with Crippen LogP contribution in [0.15, 0.2) is 17.7 Å². The Kier molecular flexibility index (Phi) is 7.63. The van der Waals surface area contributed by atoms with Crippen LogP contribution in [-0.2, 0) is 19.2 Å². The third kappa shape index (κ3) is 6.04.